The lowest BCUT2D eigenvalue weighted by Crippen LogP contribution is -2.52. The van der Waals surface area contributed by atoms with Crippen molar-refractivity contribution in [2.45, 2.75) is 45.4 Å². The monoisotopic (exact) mass is 395 g/mol. The molecule has 2 N–H and O–H groups in total. The van der Waals surface area contributed by atoms with E-state index in [1.165, 1.54) is 16.8 Å². The van der Waals surface area contributed by atoms with Crippen LogP contribution in [0.25, 0.3) is 0 Å². The summed E-state index contributed by atoms with van der Waals surface area (Å²) >= 11 is 0. The fourth-order valence-electron chi connectivity index (χ4n) is 5.58. The number of nitrogens with zero attached hydrogens (tertiary/aromatic N) is 2. The Morgan fingerprint density at radius 2 is 2.10 bits per heavy atom. The number of aromatic amines is 1. The van der Waals surface area contributed by atoms with Gasteiger partial charge in [-0.1, -0.05) is 12.1 Å². The van der Waals surface area contributed by atoms with Gasteiger partial charge in [-0.25, -0.2) is 0 Å². The van der Waals surface area contributed by atoms with E-state index in [9.17, 15) is 9.90 Å². The lowest BCUT2D eigenvalue weighted by Gasteiger charge is -2.50. The van der Waals surface area contributed by atoms with Crippen LogP contribution in [-0.4, -0.2) is 59.0 Å². The molecule has 2 atom stereocenters. The molecule has 0 spiro atoms. The van der Waals surface area contributed by atoms with Gasteiger partial charge in [-0.3, -0.25) is 4.79 Å². The number of hydrogen-bond acceptors (Lipinski definition) is 3. The molecule has 29 heavy (non-hydrogen) atoms. The highest BCUT2D eigenvalue weighted by molar-refractivity contribution is 5.94. The molecule has 2 heterocycles. The number of phenols is 1. The van der Waals surface area contributed by atoms with Crippen molar-refractivity contribution in [2.75, 3.05) is 33.2 Å². The van der Waals surface area contributed by atoms with Crippen LogP contribution in [0, 0.1) is 12.8 Å². The van der Waals surface area contributed by atoms with E-state index in [0.29, 0.717) is 11.7 Å². The van der Waals surface area contributed by atoms with Gasteiger partial charge >= 0.3 is 0 Å². The molecule has 156 valence electrons. The van der Waals surface area contributed by atoms with Crippen molar-refractivity contribution >= 4 is 5.91 Å². The highest BCUT2D eigenvalue weighted by atomic mass is 16.3. The number of H-pyrrole nitrogens is 1. The van der Waals surface area contributed by atoms with Crippen LogP contribution in [0.5, 0.6) is 5.75 Å². The van der Waals surface area contributed by atoms with E-state index < -0.39 is 0 Å². The zero-order valence-electron chi connectivity index (χ0n) is 18.1. The second-order valence-electron chi connectivity index (χ2n) is 8.86. The summed E-state index contributed by atoms with van der Waals surface area (Å²) in [7, 11) is 2.19. The Bertz CT molecular complexity index is 915. The fourth-order valence-corrected chi connectivity index (χ4v) is 5.58. The molecule has 1 saturated heterocycles. The topological polar surface area (TPSA) is 59.6 Å². The van der Waals surface area contributed by atoms with Crippen molar-refractivity contribution in [3.8, 4) is 5.75 Å². The average molecular weight is 396 g/mol. The van der Waals surface area contributed by atoms with E-state index in [1.807, 2.05) is 30.9 Å². The summed E-state index contributed by atoms with van der Waals surface area (Å²) in [5.74, 6) is 0.905. The molecule has 5 nitrogen and oxygen atoms in total. The van der Waals surface area contributed by atoms with Crippen molar-refractivity contribution < 1.29 is 9.90 Å². The van der Waals surface area contributed by atoms with Gasteiger partial charge in [-0.15, -0.1) is 0 Å². The number of aromatic hydroxyl groups is 1. The predicted octanol–water partition coefficient (Wildman–Crippen LogP) is 3.50. The Kier molecular flexibility index (Phi) is 5.19. The number of amides is 1. The molecule has 2 aromatic rings. The number of nitrogens with one attached hydrogen (secondary N) is 1. The number of rotatable bonds is 4. The summed E-state index contributed by atoms with van der Waals surface area (Å²) in [6, 6.07) is 7.84. The largest absolute Gasteiger partial charge is 0.508 e. The standard InChI is InChI=1S/C24H33N3O2/c1-5-27(6-2)23(29)22-16(3)20-14-24(17-8-7-9-19(28)12-17)10-11-26(4)15-18(24)13-21(20)25-22/h7-9,12,18,25,28H,5-6,10-11,13-15H2,1-4H3/t18-,24+/m1/s1. The summed E-state index contributed by atoms with van der Waals surface area (Å²) in [6.07, 6.45) is 2.95. The van der Waals surface area contributed by atoms with Crippen molar-refractivity contribution in [3.63, 3.8) is 0 Å². The van der Waals surface area contributed by atoms with Crippen molar-refractivity contribution in [3.05, 3.63) is 52.3 Å². The second-order valence-corrected chi connectivity index (χ2v) is 8.86. The maximum atomic E-state index is 13.1. The van der Waals surface area contributed by atoms with Crippen LogP contribution in [0.3, 0.4) is 0 Å². The molecule has 1 amide bonds. The van der Waals surface area contributed by atoms with Gasteiger partial charge in [0.25, 0.3) is 5.91 Å². The van der Waals surface area contributed by atoms with E-state index in [0.717, 1.165) is 56.7 Å². The van der Waals surface area contributed by atoms with Crippen LogP contribution in [0.4, 0.5) is 0 Å². The van der Waals surface area contributed by atoms with Gasteiger partial charge in [0, 0.05) is 30.7 Å². The van der Waals surface area contributed by atoms with Gasteiger partial charge in [0.1, 0.15) is 11.4 Å². The first-order valence-corrected chi connectivity index (χ1v) is 10.9. The number of phenolic OH excluding ortho intramolecular Hbond substituents is 1. The smallest absolute Gasteiger partial charge is 0.270 e. The Hall–Kier alpha value is -2.27. The number of carbonyl (C=O) groups is 1. The number of carbonyl (C=O) groups excluding carboxylic acids is 1. The Morgan fingerprint density at radius 1 is 1.34 bits per heavy atom. The van der Waals surface area contributed by atoms with Crippen LogP contribution in [0.1, 0.15) is 53.1 Å². The van der Waals surface area contributed by atoms with E-state index in [1.54, 1.807) is 6.07 Å². The molecule has 2 aliphatic rings. The molecule has 0 bridgehead atoms. The molecule has 1 aromatic heterocycles. The third-order valence-electron chi connectivity index (χ3n) is 7.35. The minimum Gasteiger partial charge on any atom is -0.508 e. The average Bonchev–Trinajstić information content (AvgIpc) is 3.02. The molecule has 0 unspecified atom stereocenters. The van der Waals surface area contributed by atoms with Crippen LogP contribution < -0.4 is 0 Å². The number of benzene rings is 1. The molecule has 5 heteroatoms. The lowest BCUT2D eigenvalue weighted by atomic mass is 9.58. The van der Waals surface area contributed by atoms with E-state index >= 15 is 0 Å². The number of hydrogen-bond donors (Lipinski definition) is 2. The molecule has 1 aliphatic carbocycles. The minimum atomic E-state index is 0.0146. The maximum absolute atomic E-state index is 13.1. The van der Waals surface area contributed by atoms with Crippen molar-refractivity contribution in [2.24, 2.45) is 5.92 Å². The third-order valence-corrected chi connectivity index (χ3v) is 7.35. The Labute approximate surface area is 173 Å². The molecule has 1 aliphatic heterocycles. The molecular weight excluding hydrogens is 362 g/mol. The van der Waals surface area contributed by atoms with Gasteiger partial charge in [-0.05, 0) is 88.4 Å². The first-order chi connectivity index (χ1) is 13.9. The number of likely N-dealkylation sites (tertiary alicyclic amines) is 1. The zero-order chi connectivity index (χ0) is 20.8. The summed E-state index contributed by atoms with van der Waals surface area (Å²) in [4.78, 5) is 20.9. The SMILES string of the molecule is CCN(CC)C(=O)c1[nH]c2c(c1C)C[C@]1(c3cccc(O)c3)CCN(C)C[C@H]1C2. The summed E-state index contributed by atoms with van der Waals surface area (Å²) < 4.78 is 0. The van der Waals surface area contributed by atoms with Crippen LogP contribution in [-0.2, 0) is 18.3 Å². The Balaban J connectivity index is 1.78. The quantitative estimate of drug-likeness (QED) is 0.833. The molecule has 0 saturated carbocycles. The first-order valence-electron chi connectivity index (χ1n) is 10.9. The van der Waals surface area contributed by atoms with Crippen LogP contribution in [0.15, 0.2) is 24.3 Å². The highest BCUT2D eigenvalue weighted by Gasteiger charge is 2.48. The van der Waals surface area contributed by atoms with Gasteiger partial charge in [0.05, 0.1) is 0 Å². The molecule has 4 rings (SSSR count). The highest BCUT2D eigenvalue weighted by Crippen LogP contribution is 2.49. The zero-order valence-corrected chi connectivity index (χ0v) is 18.1. The van der Waals surface area contributed by atoms with Crippen molar-refractivity contribution in [1.82, 2.24) is 14.8 Å². The fraction of sp³-hybridized carbons (Fsp3) is 0.542. The summed E-state index contributed by atoms with van der Waals surface area (Å²) in [6.45, 7) is 9.68. The molecule has 1 aromatic carbocycles. The first kappa shape index (κ1) is 20.0. The second kappa shape index (κ2) is 7.52. The third kappa shape index (κ3) is 3.25. The minimum absolute atomic E-state index is 0.0146. The van der Waals surface area contributed by atoms with Gasteiger partial charge < -0.3 is 19.9 Å². The normalized spacial score (nSPS) is 24.1. The van der Waals surface area contributed by atoms with Gasteiger partial charge in [0.2, 0.25) is 0 Å². The number of piperidine rings is 1. The summed E-state index contributed by atoms with van der Waals surface area (Å²) in [5.41, 5.74) is 5.66. The molecule has 0 radical (unpaired) electrons. The number of fused-ring (bicyclic) bond motifs is 2. The van der Waals surface area contributed by atoms with E-state index in [-0.39, 0.29) is 11.3 Å². The van der Waals surface area contributed by atoms with Gasteiger partial charge in [-0.2, -0.15) is 0 Å². The molecular formula is C24H33N3O2. The maximum Gasteiger partial charge on any atom is 0.270 e. The Morgan fingerprint density at radius 3 is 2.79 bits per heavy atom. The molecule has 1 fully saturated rings. The summed E-state index contributed by atoms with van der Waals surface area (Å²) in [5, 5.41) is 10.2. The van der Waals surface area contributed by atoms with Crippen LogP contribution >= 0.6 is 0 Å². The van der Waals surface area contributed by atoms with E-state index in [4.69, 9.17) is 0 Å². The number of aromatic nitrogens is 1. The van der Waals surface area contributed by atoms with E-state index in [2.05, 4.69) is 29.9 Å². The van der Waals surface area contributed by atoms with Crippen LogP contribution in [0.2, 0.25) is 0 Å². The lowest BCUT2D eigenvalue weighted by molar-refractivity contribution is 0.0766. The van der Waals surface area contributed by atoms with Crippen molar-refractivity contribution in [1.29, 1.82) is 0 Å². The van der Waals surface area contributed by atoms with Gasteiger partial charge in [0.15, 0.2) is 0 Å². The predicted molar refractivity (Wildman–Crippen MR) is 116 cm³/mol.